The number of carbonyl (C=O) groups excluding carboxylic acids is 2. The van der Waals surface area contributed by atoms with Crippen LogP contribution in [0.2, 0.25) is 18.1 Å². The maximum absolute atomic E-state index is 12.3. The second-order valence-electron chi connectivity index (χ2n) is 7.62. The summed E-state index contributed by atoms with van der Waals surface area (Å²) in [5.74, 6) is 1.68. The molecule has 0 saturated heterocycles. The van der Waals surface area contributed by atoms with Gasteiger partial charge in [0.25, 0.3) is 11.6 Å². The molecule has 1 atom stereocenters. The topological polar surface area (TPSA) is 115 Å². The van der Waals surface area contributed by atoms with Gasteiger partial charge in [-0.15, -0.1) is 11.5 Å². The first-order chi connectivity index (χ1) is 11.8. The van der Waals surface area contributed by atoms with Crippen molar-refractivity contribution in [1.82, 2.24) is 5.32 Å². The summed E-state index contributed by atoms with van der Waals surface area (Å²) in [4.78, 5) is 34.1. The summed E-state index contributed by atoms with van der Waals surface area (Å²) in [5.41, 5.74) is 8.50. The molecule has 2 amide bonds. The maximum atomic E-state index is 12.3. The normalized spacial score (nSPS) is 12.5. The number of nitro benzene ring substituents is 1. The zero-order valence-corrected chi connectivity index (χ0v) is 16.8. The summed E-state index contributed by atoms with van der Waals surface area (Å²) >= 11 is 0. The minimum atomic E-state index is -1.83. The molecule has 0 fully saturated rings. The minimum absolute atomic E-state index is 0.0778. The van der Waals surface area contributed by atoms with Crippen LogP contribution in [-0.4, -0.2) is 30.9 Å². The Bertz CT molecular complexity index is 773. The number of hydrogen-bond donors (Lipinski definition) is 2. The van der Waals surface area contributed by atoms with Gasteiger partial charge >= 0.3 is 0 Å². The quantitative estimate of drug-likeness (QED) is 0.356. The van der Waals surface area contributed by atoms with E-state index in [1.54, 1.807) is 0 Å². The maximum Gasteiger partial charge on any atom is 0.270 e. The molecule has 8 heteroatoms. The van der Waals surface area contributed by atoms with Crippen molar-refractivity contribution in [2.75, 3.05) is 0 Å². The number of rotatable bonds is 5. The summed E-state index contributed by atoms with van der Waals surface area (Å²) in [7, 11) is -1.83. The Morgan fingerprint density at radius 2 is 1.96 bits per heavy atom. The number of nitro groups is 1. The molecule has 0 heterocycles. The number of benzene rings is 1. The number of nitrogens with two attached hydrogens (primary N) is 1. The van der Waals surface area contributed by atoms with Gasteiger partial charge in [0.2, 0.25) is 5.91 Å². The summed E-state index contributed by atoms with van der Waals surface area (Å²) in [6, 6.07) is 4.31. The second-order valence-corrected chi connectivity index (χ2v) is 12.6. The first-order valence-electron chi connectivity index (χ1n) is 8.20. The highest BCUT2D eigenvalue weighted by molar-refractivity contribution is 6.87. The molecule has 26 heavy (non-hydrogen) atoms. The molecule has 0 radical (unpaired) electrons. The van der Waals surface area contributed by atoms with E-state index in [1.807, 2.05) is 0 Å². The number of nitrogens with zero attached hydrogens (tertiary/aromatic N) is 1. The lowest BCUT2D eigenvalue weighted by molar-refractivity contribution is -0.384. The lowest BCUT2D eigenvalue weighted by Gasteiger charge is -2.31. The van der Waals surface area contributed by atoms with Crippen LogP contribution in [0.3, 0.4) is 0 Å². The largest absolute Gasteiger partial charge is 0.368 e. The van der Waals surface area contributed by atoms with Crippen molar-refractivity contribution >= 4 is 25.6 Å². The number of primary amides is 1. The van der Waals surface area contributed by atoms with E-state index in [0.29, 0.717) is 0 Å². The fourth-order valence-electron chi connectivity index (χ4n) is 1.79. The Morgan fingerprint density at radius 1 is 1.35 bits per heavy atom. The van der Waals surface area contributed by atoms with Crippen LogP contribution in [0.15, 0.2) is 24.3 Å². The predicted molar refractivity (Wildman–Crippen MR) is 103 cm³/mol. The van der Waals surface area contributed by atoms with Crippen LogP contribution in [-0.2, 0) is 4.79 Å². The average molecular weight is 376 g/mol. The van der Waals surface area contributed by atoms with Crippen LogP contribution in [0.4, 0.5) is 5.69 Å². The first-order valence-corrected chi connectivity index (χ1v) is 11.2. The van der Waals surface area contributed by atoms with Gasteiger partial charge in [-0.3, -0.25) is 19.7 Å². The first kappa shape index (κ1) is 21.4. The number of hydrogen-bond acceptors (Lipinski definition) is 4. The summed E-state index contributed by atoms with van der Waals surface area (Å²) in [6.45, 7) is 10.7. The Kier molecular flexibility index (Phi) is 6.70. The van der Waals surface area contributed by atoms with E-state index < -0.39 is 30.9 Å². The van der Waals surface area contributed by atoms with Crippen LogP contribution in [0.25, 0.3) is 0 Å². The Morgan fingerprint density at radius 3 is 2.46 bits per heavy atom. The SMILES string of the molecule is CC(C)(C)[Si](C)(C)C#CC[C@H](NC(=O)c1cccc([N+](=O)[O-])c1)C(N)=O. The van der Waals surface area contributed by atoms with Crippen LogP contribution in [0, 0.1) is 21.6 Å². The van der Waals surface area contributed by atoms with Crippen molar-refractivity contribution < 1.29 is 14.5 Å². The third-order valence-electron chi connectivity index (χ3n) is 4.55. The molecular weight excluding hydrogens is 350 g/mol. The van der Waals surface area contributed by atoms with Crippen LogP contribution < -0.4 is 11.1 Å². The van der Waals surface area contributed by atoms with Gasteiger partial charge in [-0.1, -0.05) is 39.9 Å². The third-order valence-corrected chi connectivity index (χ3v) is 9.10. The monoisotopic (exact) mass is 375 g/mol. The fraction of sp³-hybridized carbons (Fsp3) is 0.444. The van der Waals surface area contributed by atoms with E-state index >= 15 is 0 Å². The molecule has 0 aliphatic rings. The van der Waals surface area contributed by atoms with Crippen LogP contribution in [0.1, 0.15) is 37.6 Å². The fourth-order valence-corrected chi connectivity index (χ4v) is 2.71. The molecule has 0 aromatic heterocycles. The van der Waals surface area contributed by atoms with Crippen molar-refractivity contribution in [3.63, 3.8) is 0 Å². The zero-order chi connectivity index (χ0) is 20.1. The molecule has 3 N–H and O–H groups in total. The highest BCUT2D eigenvalue weighted by Crippen LogP contribution is 2.35. The average Bonchev–Trinajstić information content (AvgIpc) is 2.52. The lowest BCUT2D eigenvalue weighted by Crippen LogP contribution is -2.44. The highest BCUT2D eigenvalue weighted by atomic mass is 28.3. The molecule has 1 aromatic rings. The molecule has 7 nitrogen and oxygen atoms in total. The van der Waals surface area contributed by atoms with Gasteiger partial charge in [0, 0.05) is 24.1 Å². The van der Waals surface area contributed by atoms with Gasteiger partial charge in [-0.05, 0) is 11.1 Å². The summed E-state index contributed by atoms with van der Waals surface area (Å²) in [6.07, 6.45) is 0.0997. The minimum Gasteiger partial charge on any atom is -0.368 e. The molecule has 0 saturated carbocycles. The van der Waals surface area contributed by atoms with E-state index in [2.05, 4.69) is 50.6 Å². The molecule has 0 aliphatic heterocycles. The summed E-state index contributed by atoms with van der Waals surface area (Å²) in [5, 5.41) is 13.4. The standard InChI is InChI=1S/C18H25N3O4Si/c1-18(2,3)26(4,5)11-7-10-15(16(19)22)20-17(23)13-8-6-9-14(12-13)21(24)25/h6,8-9,12,15H,10H2,1-5H3,(H2,19,22)(H,20,23)/t15-/m0/s1. The zero-order valence-electron chi connectivity index (χ0n) is 15.8. The lowest BCUT2D eigenvalue weighted by atomic mass is 10.1. The van der Waals surface area contributed by atoms with Crippen molar-refractivity contribution in [1.29, 1.82) is 0 Å². The van der Waals surface area contributed by atoms with Gasteiger partial charge < -0.3 is 11.1 Å². The van der Waals surface area contributed by atoms with Crippen LogP contribution in [0.5, 0.6) is 0 Å². The Labute approximate surface area is 154 Å². The van der Waals surface area contributed by atoms with Gasteiger partial charge in [0.05, 0.1) is 4.92 Å². The molecule has 0 unspecified atom stereocenters. The van der Waals surface area contributed by atoms with E-state index in [0.717, 1.165) is 6.07 Å². The van der Waals surface area contributed by atoms with E-state index in [-0.39, 0.29) is 22.7 Å². The summed E-state index contributed by atoms with van der Waals surface area (Å²) < 4.78 is 0. The number of nitrogens with one attached hydrogen (secondary N) is 1. The van der Waals surface area contributed by atoms with E-state index in [1.165, 1.54) is 18.2 Å². The van der Waals surface area contributed by atoms with E-state index in [9.17, 15) is 19.7 Å². The van der Waals surface area contributed by atoms with Gasteiger partial charge in [0.15, 0.2) is 0 Å². The number of non-ortho nitro benzene ring substituents is 1. The number of carbonyl (C=O) groups is 2. The predicted octanol–water partition coefficient (Wildman–Crippen LogP) is 2.62. The van der Waals surface area contributed by atoms with Crippen molar-refractivity contribution in [3.8, 4) is 11.5 Å². The molecule has 0 bridgehead atoms. The Balaban J connectivity index is 2.90. The van der Waals surface area contributed by atoms with E-state index in [4.69, 9.17) is 5.73 Å². The second kappa shape index (κ2) is 8.14. The molecule has 140 valence electrons. The molecule has 1 rings (SSSR count). The third kappa shape index (κ3) is 5.70. The molecule has 0 aliphatic carbocycles. The smallest absolute Gasteiger partial charge is 0.270 e. The van der Waals surface area contributed by atoms with Gasteiger partial charge in [-0.25, -0.2) is 0 Å². The van der Waals surface area contributed by atoms with Crippen molar-refractivity contribution in [2.45, 2.75) is 51.4 Å². The van der Waals surface area contributed by atoms with Crippen molar-refractivity contribution in [2.24, 2.45) is 5.73 Å². The highest BCUT2D eigenvalue weighted by Gasteiger charge is 2.33. The van der Waals surface area contributed by atoms with Gasteiger partial charge in [-0.2, -0.15) is 0 Å². The molecule has 1 aromatic carbocycles. The Hall–Kier alpha value is -2.66. The molecular formula is C18H25N3O4Si. The van der Waals surface area contributed by atoms with Crippen LogP contribution >= 0.6 is 0 Å². The number of amides is 2. The molecule has 0 spiro atoms. The van der Waals surface area contributed by atoms with Crippen molar-refractivity contribution in [3.05, 3.63) is 39.9 Å². The van der Waals surface area contributed by atoms with Gasteiger partial charge in [0.1, 0.15) is 14.1 Å².